The summed E-state index contributed by atoms with van der Waals surface area (Å²) in [4.78, 5) is 45.4. The molecule has 1 saturated heterocycles. The number of aromatic nitrogens is 1. The number of thiophene rings is 1. The monoisotopic (exact) mass is 371 g/mol. The summed E-state index contributed by atoms with van der Waals surface area (Å²) in [6.45, 7) is 3.98. The van der Waals surface area contributed by atoms with Gasteiger partial charge in [0.25, 0.3) is 11.8 Å². The van der Waals surface area contributed by atoms with Gasteiger partial charge in [-0.1, -0.05) is 0 Å². The molecule has 2 aromatic heterocycles. The van der Waals surface area contributed by atoms with Crippen molar-refractivity contribution < 1.29 is 9.59 Å². The maximum atomic E-state index is 12.8. The number of rotatable bonds is 3. The number of carbonyl (C=O) groups is 2. The third-order valence-corrected chi connectivity index (χ3v) is 5.92. The summed E-state index contributed by atoms with van der Waals surface area (Å²) in [6, 6.07) is 6.99. The van der Waals surface area contributed by atoms with Gasteiger partial charge in [-0.2, -0.15) is 0 Å². The van der Waals surface area contributed by atoms with Gasteiger partial charge < -0.3 is 14.8 Å². The Morgan fingerprint density at radius 3 is 2.27 bits per heavy atom. The van der Waals surface area contributed by atoms with Gasteiger partial charge in [-0.3, -0.25) is 14.4 Å². The Kier molecular flexibility index (Phi) is 4.40. The number of carbonyl (C=O) groups excluding carboxylic acids is 2. The maximum Gasteiger partial charge on any atom is 0.264 e. The number of nitrogens with zero attached hydrogens (tertiary/aromatic N) is 2. The van der Waals surface area contributed by atoms with Crippen LogP contribution in [-0.4, -0.2) is 52.8 Å². The van der Waals surface area contributed by atoms with Gasteiger partial charge >= 0.3 is 0 Å². The number of nitrogens with one attached hydrogen (secondary N) is 1. The zero-order valence-corrected chi connectivity index (χ0v) is 15.5. The van der Waals surface area contributed by atoms with E-state index in [1.165, 1.54) is 17.4 Å². The van der Waals surface area contributed by atoms with Gasteiger partial charge in [-0.25, -0.2) is 0 Å². The summed E-state index contributed by atoms with van der Waals surface area (Å²) in [5, 5.41) is 0. The first-order chi connectivity index (χ1) is 12.5. The van der Waals surface area contributed by atoms with Crippen molar-refractivity contribution in [2.75, 3.05) is 26.2 Å². The molecule has 4 rings (SSSR count). The smallest absolute Gasteiger partial charge is 0.264 e. The predicted octanol–water partition coefficient (Wildman–Crippen LogP) is 2.22. The Balaban J connectivity index is 1.42. The quantitative estimate of drug-likeness (QED) is 0.899. The van der Waals surface area contributed by atoms with Crippen LogP contribution in [0.5, 0.6) is 0 Å². The van der Waals surface area contributed by atoms with E-state index in [0.717, 1.165) is 28.3 Å². The highest BCUT2D eigenvalue weighted by Gasteiger charge is 2.28. The molecule has 3 heterocycles. The van der Waals surface area contributed by atoms with Crippen LogP contribution in [0.2, 0.25) is 0 Å². The zero-order chi connectivity index (χ0) is 18.3. The van der Waals surface area contributed by atoms with Crippen LogP contribution < -0.4 is 5.56 Å². The molecule has 0 atom stereocenters. The van der Waals surface area contributed by atoms with Crippen molar-refractivity contribution >= 4 is 23.2 Å². The molecule has 0 unspecified atom stereocenters. The van der Waals surface area contributed by atoms with Crippen molar-refractivity contribution in [1.82, 2.24) is 14.8 Å². The van der Waals surface area contributed by atoms with Crippen LogP contribution in [0.25, 0.3) is 0 Å². The van der Waals surface area contributed by atoms with Gasteiger partial charge in [-0.05, 0) is 43.9 Å². The molecule has 0 bridgehead atoms. The van der Waals surface area contributed by atoms with Gasteiger partial charge in [0.15, 0.2) is 0 Å². The van der Waals surface area contributed by atoms with E-state index in [2.05, 4.69) is 4.98 Å². The van der Waals surface area contributed by atoms with Crippen molar-refractivity contribution in [3.63, 3.8) is 0 Å². The molecule has 1 N–H and O–H groups in total. The molecule has 0 spiro atoms. The Morgan fingerprint density at radius 1 is 1.04 bits per heavy atom. The molecule has 2 aromatic rings. The van der Waals surface area contributed by atoms with Gasteiger partial charge in [-0.15, -0.1) is 11.3 Å². The highest BCUT2D eigenvalue weighted by Crippen LogP contribution is 2.38. The van der Waals surface area contributed by atoms with Crippen LogP contribution in [0, 0.1) is 6.92 Å². The van der Waals surface area contributed by atoms with Gasteiger partial charge in [0.05, 0.1) is 4.88 Å². The number of hydrogen-bond donors (Lipinski definition) is 1. The molecule has 7 heteroatoms. The number of piperazine rings is 1. The van der Waals surface area contributed by atoms with Crippen molar-refractivity contribution in [3.05, 3.63) is 55.6 Å². The zero-order valence-electron chi connectivity index (χ0n) is 14.7. The van der Waals surface area contributed by atoms with Crippen molar-refractivity contribution in [2.24, 2.45) is 0 Å². The number of H-pyrrole nitrogens is 1. The third-order valence-electron chi connectivity index (χ3n) is 4.93. The number of aryl methyl sites for hydroxylation is 1. The second-order valence-electron chi connectivity index (χ2n) is 6.96. The fourth-order valence-corrected chi connectivity index (χ4v) is 4.14. The molecule has 136 valence electrons. The Bertz CT molecular complexity index is 905. The molecule has 2 fully saturated rings. The highest BCUT2D eigenvalue weighted by atomic mass is 32.1. The molecular formula is C19H21N3O3S. The third kappa shape index (κ3) is 3.44. The van der Waals surface area contributed by atoms with Crippen LogP contribution in [0.3, 0.4) is 0 Å². The van der Waals surface area contributed by atoms with E-state index in [1.807, 2.05) is 25.1 Å². The van der Waals surface area contributed by atoms with Crippen molar-refractivity contribution in [3.8, 4) is 0 Å². The van der Waals surface area contributed by atoms with E-state index < -0.39 is 0 Å². The first-order valence-electron chi connectivity index (χ1n) is 8.90. The molecule has 26 heavy (non-hydrogen) atoms. The number of pyridine rings is 1. The molecule has 2 amide bonds. The summed E-state index contributed by atoms with van der Waals surface area (Å²) in [6.07, 6.45) is 2.13. The molecule has 1 aliphatic heterocycles. The van der Waals surface area contributed by atoms with E-state index in [9.17, 15) is 14.4 Å². The lowest BCUT2D eigenvalue weighted by atomic mass is 10.1. The first kappa shape index (κ1) is 17.0. The average Bonchev–Trinajstić information content (AvgIpc) is 3.41. The first-order valence-corrected chi connectivity index (χ1v) is 9.72. The van der Waals surface area contributed by atoms with Crippen LogP contribution >= 0.6 is 11.3 Å². The molecule has 0 radical (unpaired) electrons. The van der Waals surface area contributed by atoms with E-state index in [-0.39, 0.29) is 17.4 Å². The van der Waals surface area contributed by atoms with Gasteiger partial charge in [0, 0.05) is 48.4 Å². The minimum atomic E-state index is -0.223. The molecule has 1 saturated carbocycles. The topological polar surface area (TPSA) is 73.5 Å². The lowest BCUT2D eigenvalue weighted by Gasteiger charge is -2.34. The summed E-state index contributed by atoms with van der Waals surface area (Å²) in [7, 11) is 0. The summed E-state index contributed by atoms with van der Waals surface area (Å²) < 4.78 is 0. The molecule has 6 nitrogen and oxygen atoms in total. The average molecular weight is 371 g/mol. The van der Waals surface area contributed by atoms with Crippen LogP contribution in [-0.2, 0) is 0 Å². The standard InChI is InChI=1S/C19H21N3O3S/c1-12-2-5-16(26-12)19(25)22-8-6-21(7-9-22)18(24)14-10-15(13-3-4-13)20-17(23)11-14/h2,5,10-11,13H,3-4,6-9H2,1H3,(H,20,23). The summed E-state index contributed by atoms with van der Waals surface area (Å²) in [5.74, 6) is 0.290. The van der Waals surface area contributed by atoms with E-state index in [4.69, 9.17) is 0 Å². The van der Waals surface area contributed by atoms with Crippen molar-refractivity contribution in [1.29, 1.82) is 0 Å². The SMILES string of the molecule is Cc1ccc(C(=O)N2CCN(C(=O)c3cc(C4CC4)[nH]c(=O)c3)CC2)s1. The van der Waals surface area contributed by atoms with E-state index in [0.29, 0.717) is 37.7 Å². The minimum absolute atomic E-state index is 0.0300. The normalized spacial score (nSPS) is 17.4. The number of hydrogen-bond acceptors (Lipinski definition) is 4. The Morgan fingerprint density at radius 2 is 1.69 bits per heavy atom. The van der Waals surface area contributed by atoms with E-state index in [1.54, 1.807) is 9.80 Å². The van der Waals surface area contributed by atoms with Gasteiger partial charge in [0.2, 0.25) is 5.56 Å². The fraction of sp³-hybridized carbons (Fsp3) is 0.421. The fourth-order valence-electron chi connectivity index (χ4n) is 3.30. The molecule has 0 aromatic carbocycles. The van der Waals surface area contributed by atoms with Crippen molar-refractivity contribution in [2.45, 2.75) is 25.7 Å². The van der Waals surface area contributed by atoms with Crippen LogP contribution in [0.1, 0.15) is 49.4 Å². The second-order valence-corrected chi connectivity index (χ2v) is 8.25. The maximum absolute atomic E-state index is 12.8. The molecular weight excluding hydrogens is 350 g/mol. The minimum Gasteiger partial charge on any atom is -0.335 e. The summed E-state index contributed by atoms with van der Waals surface area (Å²) in [5.41, 5.74) is 1.09. The van der Waals surface area contributed by atoms with Crippen LogP contribution in [0.4, 0.5) is 0 Å². The summed E-state index contributed by atoms with van der Waals surface area (Å²) >= 11 is 1.50. The predicted molar refractivity (Wildman–Crippen MR) is 99.9 cm³/mol. The van der Waals surface area contributed by atoms with Crippen LogP contribution in [0.15, 0.2) is 29.1 Å². The molecule has 2 aliphatic rings. The Labute approximate surface area is 155 Å². The lowest BCUT2D eigenvalue weighted by molar-refractivity contribution is 0.0538. The second kappa shape index (κ2) is 6.72. The number of aromatic amines is 1. The molecule has 1 aliphatic carbocycles. The lowest BCUT2D eigenvalue weighted by Crippen LogP contribution is -2.50. The van der Waals surface area contributed by atoms with Gasteiger partial charge in [0.1, 0.15) is 0 Å². The highest BCUT2D eigenvalue weighted by molar-refractivity contribution is 7.13. The number of amides is 2. The van der Waals surface area contributed by atoms with E-state index >= 15 is 0 Å². The Hall–Kier alpha value is -2.41. The largest absolute Gasteiger partial charge is 0.335 e.